The van der Waals surface area contributed by atoms with Crippen molar-refractivity contribution < 1.29 is 9.53 Å². The van der Waals surface area contributed by atoms with Gasteiger partial charge in [0.1, 0.15) is 0 Å². The summed E-state index contributed by atoms with van der Waals surface area (Å²) in [6.45, 7) is 0. The normalized spacial score (nSPS) is 19.5. The molecule has 0 heterocycles. The smallest absolute Gasteiger partial charge is 0.337 e. The lowest BCUT2D eigenvalue weighted by Gasteiger charge is -2.32. The van der Waals surface area contributed by atoms with Gasteiger partial charge in [0.05, 0.1) is 12.7 Å². The lowest BCUT2D eigenvalue weighted by Crippen LogP contribution is -2.49. The Morgan fingerprint density at radius 1 is 1.32 bits per heavy atom. The number of benzene rings is 1. The molecule has 2 N–H and O–H groups in total. The summed E-state index contributed by atoms with van der Waals surface area (Å²) in [4.78, 5) is 11.6. The average molecular weight is 318 g/mol. The summed E-state index contributed by atoms with van der Waals surface area (Å²) in [6, 6.07) is 7.22. The zero-order valence-corrected chi connectivity index (χ0v) is 13.7. The van der Waals surface area contributed by atoms with E-state index >= 15 is 0 Å². The number of hydrogen-bond donors (Lipinski definition) is 2. The standard InChI is InChI=1S/C17H22N2O2S/c1-21-15(20)12-5-4-6-14(11-12)18-16(22)19-17(13-7-8-13)9-2-3-10-17/h4-6,11,13H,2-3,7-10H2,1H3,(H2,18,19,22). The predicted molar refractivity (Wildman–Crippen MR) is 91.1 cm³/mol. The van der Waals surface area contributed by atoms with Gasteiger partial charge in [0.2, 0.25) is 0 Å². The molecular formula is C17H22N2O2S. The fourth-order valence-electron chi connectivity index (χ4n) is 3.51. The first-order chi connectivity index (χ1) is 10.6. The average Bonchev–Trinajstić information content (AvgIpc) is 3.28. The summed E-state index contributed by atoms with van der Waals surface area (Å²) in [5, 5.41) is 7.43. The molecule has 0 aliphatic heterocycles. The van der Waals surface area contributed by atoms with Crippen molar-refractivity contribution in [2.45, 2.75) is 44.1 Å². The third kappa shape index (κ3) is 3.24. The Kier molecular flexibility index (Phi) is 4.34. The minimum atomic E-state index is -0.340. The van der Waals surface area contributed by atoms with E-state index < -0.39 is 0 Å². The van der Waals surface area contributed by atoms with E-state index in [2.05, 4.69) is 10.6 Å². The number of rotatable bonds is 4. The van der Waals surface area contributed by atoms with E-state index in [1.807, 2.05) is 12.1 Å². The Hall–Kier alpha value is -1.62. The first-order valence-corrected chi connectivity index (χ1v) is 8.31. The van der Waals surface area contributed by atoms with Crippen LogP contribution in [0, 0.1) is 5.92 Å². The molecule has 0 atom stereocenters. The van der Waals surface area contributed by atoms with E-state index in [4.69, 9.17) is 17.0 Å². The number of nitrogens with one attached hydrogen (secondary N) is 2. The molecule has 1 aromatic carbocycles. The lowest BCUT2D eigenvalue weighted by atomic mass is 9.91. The van der Waals surface area contributed by atoms with Crippen LogP contribution >= 0.6 is 12.2 Å². The van der Waals surface area contributed by atoms with Gasteiger partial charge in [0, 0.05) is 11.2 Å². The Morgan fingerprint density at radius 2 is 2.05 bits per heavy atom. The summed E-state index contributed by atoms with van der Waals surface area (Å²) in [7, 11) is 1.38. The van der Waals surface area contributed by atoms with Crippen LogP contribution in [0.5, 0.6) is 0 Å². The number of thiocarbonyl (C=S) groups is 1. The highest BCUT2D eigenvalue weighted by atomic mass is 32.1. The van der Waals surface area contributed by atoms with Crippen molar-refractivity contribution in [2.75, 3.05) is 12.4 Å². The van der Waals surface area contributed by atoms with Crippen LogP contribution in [0.3, 0.4) is 0 Å². The molecule has 0 aromatic heterocycles. The molecule has 2 fully saturated rings. The second-order valence-corrected chi connectivity index (χ2v) is 6.70. The van der Waals surface area contributed by atoms with Crippen LogP contribution in [0.1, 0.15) is 48.9 Å². The highest BCUT2D eigenvalue weighted by Gasteiger charge is 2.47. The van der Waals surface area contributed by atoms with Crippen LogP contribution in [0.25, 0.3) is 0 Å². The van der Waals surface area contributed by atoms with Gasteiger partial charge < -0.3 is 15.4 Å². The summed E-state index contributed by atoms with van der Waals surface area (Å²) in [6.07, 6.45) is 7.61. The zero-order chi connectivity index (χ0) is 15.6. The van der Waals surface area contributed by atoms with Crippen molar-refractivity contribution in [1.82, 2.24) is 5.32 Å². The van der Waals surface area contributed by atoms with Crippen LogP contribution in [0.4, 0.5) is 5.69 Å². The molecule has 0 amide bonds. The molecule has 0 saturated heterocycles. The summed E-state index contributed by atoms with van der Waals surface area (Å²) >= 11 is 5.49. The maximum absolute atomic E-state index is 11.6. The molecule has 2 saturated carbocycles. The first kappa shape index (κ1) is 15.3. The first-order valence-electron chi connectivity index (χ1n) is 7.90. The summed E-state index contributed by atoms with van der Waals surface area (Å²) in [5.74, 6) is 0.434. The van der Waals surface area contributed by atoms with Crippen molar-refractivity contribution in [3.05, 3.63) is 29.8 Å². The third-order valence-electron chi connectivity index (χ3n) is 4.76. The maximum atomic E-state index is 11.6. The molecule has 2 aliphatic carbocycles. The van der Waals surface area contributed by atoms with E-state index in [-0.39, 0.29) is 11.5 Å². The number of anilines is 1. The summed E-state index contributed by atoms with van der Waals surface area (Å²) < 4.78 is 4.74. The molecule has 3 rings (SSSR count). The van der Waals surface area contributed by atoms with Crippen LogP contribution in [0.2, 0.25) is 0 Å². The number of hydrogen-bond acceptors (Lipinski definition) is 3. The minimum absolute atomic E-state index is 0.198. The number of ether oxygens (including phenoxy) is 1. The van der Waals surface area contributed by atoms with Crippen molar-refractivity contribution in [1.29, 1.82) is 0 Å². The Bertz CT molecular complexity index is 578. The SMILES string of the molecule is COC(=O)c1cccc(NC(=S)NC2(C3CC3)CCCC2)c1. The second kappa shape index (κ2) is 6.24. The van der Waals surface area contributed by atoms with Gasteiger partial charge >= 0.3 is 5.97 Å². The quantitative estimate of drug-likeness (QED) is 0.657. The largest absolute Gasteiger partial charge is 0.465 e. The van der Waals surface area contributed by atoms with Crippen LogP contribution in [0.15, 0.2) is 24.3 Å². The van der Waals surface area contributed by atoms with Crippen molar-refractivity contribution >= 4 is 29.0 Å². The molecule has 118 valence electrons. The topological polar surface area (TPSA) is 50.4 Å². The molecule has 5 heteroatoms. The second-order valence-electron chi connectivity index (χ2n) is 6.29. The van der Waals surface area contributed by atoms with Gasteiger partial charge in [0.25, 0.3) is 0 Å². The highest BCUT2D eigenvalue weighted by Crippen LogP contribution is 2.48. The minimum Gasteiger partial charge on any atom is -0.465 e. The van der Waals surface area contributed by atoms with Crippen LogP contribution < -0.4 is 10.6 Å². The Morgan fingerprint density at radius 3 is 2.68 bits per heavy atom. The van der Waals surface area contributed by atoms with E-state index in [1.165, 1.54) is 45.6 Å². The molecule has 0 bridgehead atoms. The molecule has 0 spiro atoms. The fraction of sp³-hybridized carbons (Fsp3) is 0.529. The molecule has 2 aliphatic rings. The molecule has 22 heavy (non-hydrogen) atoms. The summed E-state index contributed by atoms with van der Waals surface area (Å²) in [5.41, 5.74) is 1.53. The Balaban J connectivity index is 1.65. The number of methoxy groups -OCH3 is 1. The van der Waals surface area contributed by atoms with Crippen LogP contribution in [-0.2, 0) is 4.74 Å². The molecule has 0 unspecified atom stereocenters. The lowest BCUT2D eigenvalue weighted by molar-refractivity contribution is 0.0601. The molecule has 4 nitrogen and oxygen atoms in total. The maximum Gasteiger partial charge on any atom is 0.337 e. The van der Waals surface area contributed by atoms with Crippen molar-refractivity contribution in [2.24, 2.45) is 5.92 Å². The molecule has 0 radical (unpaired) electrons. The number of carbonyl (C=O) groups is 1. The van der Waals surface area contributed by atoms with Gasteiger partial charge in [0.15, 0.2) is 5.11 Å². The predicted octanol–water partition coefficient (Wildman–Crippen LogP) is 3.48. The van der Waals surface area contributed by atoms with E-state index in [9.17, 15) is 4.79 Å². The van der Waals surface area contributed by atoms with Gasteiger partial charge in [-0.05, 0) is 62.0 Å². The molecular weight excluding hydrogens is 296 g/mol. The van der Waals surface area contributed by atoms with Gasteiger partial charge in [-0.25, -0.2) is 4.79 Å². The van der Waals surface area contributed by atoms with E-state index in [1.54, 1.807) is 12.1 Å². The van der Waals surface area contributed by atoms with Gasteiger partial charge in [-0.1, -0.05) is 18.9 Å². The fourth-order valence-corrected chi connectivity index (χ4v) is 3.83. The number of carbonyl (C=O) groups excluding carboxylic acids is 1. The van der Waals surface area contributed by atoms with Crippen molar-refractivity contribution in [3.63, 3.8) is 0 Å². The monoisotopic (exact) mass is 318 g/mol. The van der Waals surface area contributed by atoms with E-state index in [0.29, 0.717) is 10.7 Å². The third-order valence-corrected chi connectivity index (χ3v) is 4.96. The van der Waals surface area contributed by atoms with Crippen LogP contribution in [-0.4, -0.2) is 23.7 Å². The van der Waals surface area contributed by atoms with E-state index in [0.717, 1.165) is 11.6 Å². The zero-order valence-electron chi connectivity index (χ0n) is 12.9. The van der Waals surface area contributed by atoms with Gasteiger partial charge in [-0.3, -0.25) is 0 Å². The number of esters is 1. The Labute approximate surface area is 136 Å². The van der Waals surface area contributed by atoms with Gasteiger partial charge in [-0.15, -0.1) is 0 Å². The highest BCUT2D eigenvalue weighted by molar-refractivity contribution is 7.80. The molecule has 1 aromatic rings. The van der Waals surface area contributed by atoms with Gasteiger partial charge in [-0.2, -0.15) is 0 Å². The van der Waals surface area contributed by atoms with Crippen molar-refractivity contribution in [3.8, 4) is 0 Å².